The van der Waals surface area contributed by atoms with Gasteiger partial charge in [-0.15, -0.1) is 0 Å². The Morgan fingerprint density at radius 3 is 2.31 bits per heavy atom. The Morgan fingerprint density at radius 2 is 1.81 bits per heavy atom. The van der Waals surface area contributed by atoms with Gasteiger partial charge in [0.2, 0.25) is 0 Å². The molecule has 0 spiro atoms. The summed E-state index contributed by atoms with van der Waals surface area (Å²) in [5, 5.41) is 3.63. The Morgan fingerprint density at radius 1 is 1.25 bits per heavy atom. The Kier molecular flexibility index (Phi) is 6.32. The number of rotatable bonds is 4. The largest absolute Gasteiger partial charge is 0.380 e. The lowest BCUT2D eigenvalue weighted by Gasteiger charge is -2.34. The Bertz CT molecular complexity index is 175. The lowest BCUT2D eigenvalue weighted by molar-refractivity contribution is 0.0657. The zero-order valence-corrected chi connectivity index (χ0v) is 11.3. The van der Waals surface area contributed by atoms with Crippen molar-refractivity contribution in [2.24, 2.45) is 0 Å². The van der Waals surface area contributed by atoms with Gasteiger partial charge in [-0.05, 0) is 53.6 Å². The second kappa shape index (κ2) is 7.25. The van der Waals surface area contributed by atoms with Crippen LogP contribution in [0.15, 0.2) is 0 Å². The average molecular weight is 228 g/mol. The maximum atomic E-state index is 5.52. The molecule has 0 amide bonds. The van der Waals surface area contributed by atoms with Gasteiger partial charge < -0.3 is 10.1 Å². The van der Waals surface area contributed by atoms with Crippen molar-refractivity contribution in [2.75, 3.05) is 26.3 Å². The van der Waals surface area contributed by atoms with E-state index in [1.807, 2.05) is 0 Å². The van der Waals surface area contributed by atoms with Crippen LogP contribution >= 0.6 is 0 Å². The van der Waals surface area contributed by atoms with Crippen molar-refractivity contribution in [3.8, 4) is 0 Å². The minimum absolute atomic E-state index is 0.553. The highest BCUT2D eigenvalue weighted by Gasteiger charge is 2.19. The van der Waals surface area contributed by atoms with Crippen LogP contribution in [-0.4, -0.2) is 49.3 Å². The van der Waals surface area contributed by atoms with Gasteiger partial charge in [-0.3, -0.25) is 4.90 Å². The summed E-state index contributed by atoms with van der Waals surface area (Å²) in [6.07, 6.45) is 2.47. The normalized spacial score (nSPS) is 30.8. The van der Waals surface area contributed by atoms with Crippen molar-refractivity contribution in [1.29, 1.82) is 0 Å². The minimum atomic E-state index is 0.553. The van der Waals surface area contributed by atoms with Gasteiger partial charge in [0.1, 0.15) is 0 Å². The van der Waals surface area contributed by atoms with Gasteiger partial charge in [-0.1, -0.05) is 0 Å². The third-order valence-electron chi connectivity index (χ3n) is 3.45. The molecule has 1 rings (SSSR count). The van der Waals surface area contributed by atoms with Crippen LogP contribution in [0.25, 0.3) is 0 Å². The fourth-order valence-corrected chi connectivity index (χ4v) is 2.32. The van der Waals surface area contributed by atoms with Gasteiger partial charge in [0.15, 0.2) is 0 Å². The van der Waals surface area contributed by atoms with Gasteiger partial charge in [0.25, 0.3) is 0 Å². The van der Waals surface area contributed by atoms with Crippen molar-refractivity contribution in [2.45, 2.75) is 58.7 Å². The van der Waals surface area contributed by atoms with Gasteiger partial charge in [0.05, 0.1) is 6.61 Å². The molecular weight excluding hydrogens is 200 g/mol. The maximum absolute atomic E-state index is 5.52. The molecule has 1 fully saturated rings. The van der Waals surface area contributed by atoms with E-state index in [0.29, 0.717) is 18.1 Å². The Hall–Kier alpha value is -0.120. The van der Waals surface area contributed by atoms with Crippen LogP contribution in [0.4, 0.5) is 0 Å². The highest BCUT2D eigenvalue weighted by atomic mass is 16.5. The van der Waals surface area contributed by atoms with E-state index >= 15 is 0 Å². The second-order valence-corrected chi connectivity index (χ2v) is 5.09. The first-order valence-electron chi connectivity index (χ1n) is 6.71. The molecule has 0 aromatic carbocycles. The molecule has 0 aromatic rings. The predicted octanol–water partition coefficient (Wildman–Crippen LogP) is 1.87. The van der Waals surface area contributed by atoms with Crippen LogP contribution < -0.4 is 5.32 Å². The van der Waals surface area contributed by atoms with Gasteiger partial charge in [-0.2, -0.15) is 0 Å². The molecule has 1 saturated heterocycles. The molecule has 1 aliphatic rings. The average Bonchev–Trinajstić information content (AvgIpc) is 2.23. The molecule has 1 aliphatic heterocycles. The molecule has 96 valence electrons. The summed E-state index contributed by atoms with van der Waals surface area (Å²) >= 11 is 0. The topological polar surface area (TPSA) is 24.5 Å². The van der Waals surface area contributed by atoms with Crippen molar-refractivity contribution in [3.63, 3.8) is 0 Å². The first-order valence-corrected chi connectivity index (χ1v) is 6.71. The fraction of sp³-hybridized carbons (Fsp3) is 1.00. The fourth-order valence-electron chi connectivity index (χ4n) is 2.32. The quantitative estimate of drug-likeness (QED) is 0.795. The van der Waals surface area contributed by atoms with E-state index in [9.17, 15) is 0 Å². The monoisotopic (exact) mass is 228 g/mol. The molecule has 0 radical (unpaired) electrons. The molecule has 0 saturated carbocycles. The van der Waals surface area contributed by atoms with E-state index in [-0.39, 0.29) is 0 Å². The molecular formula is C13H28N2O. The molecule has 3 nitrogen and oxygen atoms in total. The van der Waals surface area contributed by atoms with Crippen molar-refractivity contribution in [3.05, 3.63) is 0 Å². The molecule has 0 bridgehead atoms. The van der Waals surface area contributed by atoms with Crippen LogP contribution in [0.2, 0.25) is 0 Å². The van der Waals surface area contributed by atoms with Crippen LogP contribution in [-0.2, 0) is 4.74 Å². The van der Waals surface area contributed by atoms with E-state index in [4.69, 9.17) is 4.74 Å². The van der Waals surface area contributed by atoms with Crippen molar-refractivity contribution in [1.82, 2.24) is 10.2 Å². The molecule has 3 unspecified atom stereocenters. The molecule has 3 heteroatoms. The van der Waals surface area contributed by atoms with Crippen LogP contribution in [0.3, 0.4) is 0 Å². The second-order valence-electron chi connectivity index (χ2n) is 5.09. The van der Waals surface area contributed by atoms with Crippen LogP contribution in [0, 0.1) is 0 Å². The number of nitrogens with zero attached hydrogens (tertiary/aromatic N) is 1. The zero-order chi connectivity index (χ0) is 12.0. The van der Waals surface area contributed by atoms with E-state index in [0.717, 1.165) is 13.2 Å². The van der Waals surface area contributed by atoms with Crippen molar-refractivity contribution < 1.29 is 4.74 Å². The maximum Gasteiger partial charge on any atom is 0.0618 e. The zero-order valence-electron chi connectivity index (χ0n) is 11.3. The van der Waals surface area contributed by atoms with E-state index < -0.39 is 0 Å². The minimum Gasteiger partial charge on any atom is -0.380 e. The highest BCUT2D eigenvalue weighted by Crippen LogP contribution is 2.10. The summed E-state index contributed by atoms with van der Waals surface area (Å²) in [5.41, 5.74) is 0. The van der Waals surface area contributed by atoms with E-state index in [1.165, 1.54) is 25.9 Å². The molecule has 1 heterocycles. The number of ether oxygens (including phenoxy) is 1. The van der Waals surface area contributed by atoms with Crippen LogP contribution in [0.1, 0.15) is 40.5 Å². The first kappa shape index (κ1) is 13.9. The molecule has 1 N–H and O–H groups in total. The number of hydrogen-bond acceptors (Lipinski definition) is 3. The van der Waals surface area contributed by atoms with E-state index in [2.05, 4.69) is 37.9 Å². The standard InChI is InChI=1S/C13H28N2O/c1-5-16-10-13(4)15-8-6-11(2)14-12(3)7-9-15/h11-14H,5-10H2,1-4H3. The van der Waals surface area contributed by atoms with Crippen molar-refractivity contribution >= 4 is 0 Å². The number of nitrogens with one attached hydrogen (secondary N) is 1. The Labute approximate surface area is 101 Å². The summed E-state index contributed by atoms with van der Waals surface area (Å²) in [4.78, 5) is 2.57. The predicted molar refractivity (Wildman–Crippen MR) is 68.8 cm³/mol. The Balaban J connectivity index is 2.39. The van der Waals surface area contributed by atoms with Gasteiger partial charge in [-0.25, -0.2) is 0 Å². The lowest BCUT2D eigenvalue weighted by Crippen LogP contribution is -2.46. The summed E-state index contributed by atoms with van der Waals surface area (Å²) in [7, 11) is 0. The summed E-state index contributed by atoms with van der Waals surface area (Å²) in [6, 6.07) is 1.83. The molecule has 0 aliphatic carbocycles. The lowest BCUT2D eigenvalue weighted by atomic mass is 10.1. The summed E-state index contributed by atoms with van der Waals surface area (Å²) in [5.74, 6) is 0. The number of hydrogen-bond donors (Lipinski definition) is 1. The molecule has 3 atom stereocenters. The summed E-state index contributed by atoms with van der Waals surface area (Å²) < 4.78 is 5.52. The highest BCUT2D eigenvalue weighted by molar-refractivity contribution is 4.77. The molecule has 0 aromatic heterocycles. The van der Waals surface area contributed by atoms with E-state index in [1.54, 1.807) is 0 Å². The molecule has 16 heavy (non-hydrogen) atoms. The summed E-state index contributed by atoms with van der Waals surface area (Å²) in [6.45, 7) is 13.0. The van der Waals surface area contributed by atoms with Crippen LogP contribution in [0.5, 0.6) is 0 Å². The third kappa shape index (κ3) is 4.81. The smallest absolute Gasteiger partial charge is 0.0618 e. The first-order chi connectivity index (χ1) is 7.63. The third-order valence-corrected chi connectivity index (χ3v) is 3.45. The van der Waals surface area contributed by atoms with Gasteiger partial charge in [0, 0.05) is 24.7 Å². The van der Waals surface area contributed by atoms with Gasteiger partial charge >= 0.3 is 0 Å². The SMILES string of the molecule is CCOCC(C)N1CCC(C)NC(C)CC1.